The van der Waals surface area contributed by atoms with E-state index in [1.165, 1.54) is 13.1 Å². The summed E-state index contributed by atoms with van der Waals surface area (Å²) in [7, 11) is 0. The van der Waals surface area contributed by atoms with Gasteiger partial charge in [0.2, 0.25) is 0 Å². The Bertz CT molecular complexity index is 979. The van der Waals surface area contributed by atoms with Gasteiger partial charge in [-0.05, 0) is 31.9 Å². The third-order valence-electron chi connectivity index (χ3n) is 4.79. The minimum atomic E-state index is -4.59. The lowest BCUT2D eigenvalue weighted by Crippen LogP contribution is -2.39. The van der Waals surface area contributed by atoms with Crippen molar-refractivity contribution in [2.75, 3.05) is 13.1 Å². The number of likely N-dealkylation sites (tertiary alicyclic amines) is 1. The molecule has 3 aromatic rings. The van der Waals surface area contributed by atoms with Crippen LogP contribution in [0.25, 0.3) is 5.65 Å². The van der Waals surface area contributed by atoms with Gasteiger partial charge < -0.3 is 4.90 Å². The molecule has 0 saturated carbocycles. The summed E-state index contributed by atoms with van der Waals surface area (Å²) in [5.41, 5.74) is 0.183. The first kappa shape index (κ1) is 17.5. The van der Waals surface area contributed by atoms with Gasteiger partial charge in [0.15, 0.2) is 5.65 Å². The van der Waals surface area contributed by atoms with Crippen LogP contribution >= 0.6 is 0 Å². The maximum absolute atomic E-state index is 13.3. The summed E-state index contributed by atoms with van der Waals surface area (Å²) in [6.45, 7) is 2.47. The number of alkyl halides is 3. The van der Waals surface area contributed by atoms with Gasteiger partial charge in [-0.1, -0.05) is 0 Å². The Kier molecular flexibility index (Phi) is 4.12. The average molecular weight is 378 g/mol. The van der Waals surface area contributed by atoms with Crippen LogP contribution in [0.1, 0.15) is 46.2 Å². The van der Waals surface area contributed by atoms with Gasteiger partial charge in [0.25, 0.3) is 5.91 Å². The lowest BCUT2D eigenvalue weighted by Gasteiger charge is -2.32. The second kappa shape index (κ2) is 6.36. The first-order valence-corrected chi connectivity index (χ1v) is 8.55. The molecule has 10 heteroatoms. The summed E-state index contributed by atoms with van der Waals surface area (Å²) in [4.78, 5) is 18.8. The van der Waals surface area contributed by atoms with Crippen LogP contribution in [-0.4, -0.2) is 48.7 Å². The van der Waals surface area contributed by atoms with E-state index in [4.69, 9.17) is 0 Å². The fraction of sp³-hybridized carbons (Fsp3) is 0.412. The van der Waals surface area contributed by atoms with Crippen molar-refractivity contribution < 1.29 is 18.0 Å². The Hall–Kier alpha value is -2.91. The van der Waals surface area contributed by atoms with E-state index >= 15 is 0 Å². The smallest absolute Gasteiger partial charge is 0.338 e. The number of fused-ring (bicyclic) bond motifs is 1. The number of carbonyl (C=O) groups is 1. The van der Waals surface area contributed by atoms with Crippen LogP contribution in [0.4, 0.5) is 13.2 Å². The van der Waals surface area contributed by atoms with Gasteiger partial charge in [-0.2, -0.15) is 23.4 Å². The van der Waals surface area contributed by atoms with Crippen LogP contribution in [0.2, 0.25) is 0 Å². The number of carbonyl (C=O) groups excluding carboxylic acids is 1. The number of hydrogen-bond acceptors (Lipinski definition) is 4. The minimum absolute atomic E-state index is 0.0732. The van der Waals surface area contributed by atoms with E-state index in [1.807, 2.05) is 6.07 Å². The number of aryl methyl sites for hydroxylation is 1. The highest BCUT2D eigenvalue weighted by Gasteiger charge is 2.36. The van der Waals surface area contributed by atoms with Gasteiger partial charge >= 0.3 is 6.18 Å². The molecule has 0 spiro atoms. The Morgan fingerprint density at radius 1 is 1.37 bits per heavy atom. The van der Waals surface area contributed by atoms with Gasteiger partial charge in [0.1, 0.15) is 11.3 Å². The summed E-state index contributed by atoms with van der Waals surface area (Å²) in [5, 5.41) is 10.6. The predicted octanol–water partition coefficient (Wildman–Crippen LogP) is 2.80. The SMILES string of the molecule is Cc1cc(C(F)(F)F)n2ncc(C(=O)N3CCC[C@@H](c4ccn[nH]4)C3)c2n1. The predicted molar refractivity (Wildman–Crippen MR) is 89.2 cm³/mol. The van der Waals surface area contributed by atoms with Crippen LogP contribution in [0, 0.1) is 6.92 Å². The first-order chi connectivity index (χ1) is 12.8. The van der Waals surface area contributed by atoms with Crippen LogP contribution in [-0.2, 0) is 6.18 Å². The molecule has 1 aliphatic rings. The highest BCUT2D eigenvalue weighted by molar-refractivity contribution is 5.99. The molecule has 1 aliphatic heterocycles. The van der Waals surface area contributed by atoms with Crippen LogP contribution in [0.3, 0.4) is 0 Å². The molecule has 0 aliphatic carbocycles. The highest BCUT2D eigenvalue weighted by atomic mass is 19.4. The molecule has 0 bridgehead atoms. The topological polar surface area (TPSA) is 79.2 Å². The Balaban J connectivity index is 1.68. The van der Waals surface area contributed by atoms with Gasteiger partial charge in [-0.3, -0.25) is 9.89 Å². The molecule has 1 amide bonds. The number of aromatic nitrogens is 5. The minimum Gasteiger partial charge on any atom is -0.338 e. The Labute approximate surface area is 152 Å². The number of halogens is 3. The molecule has 3 aromatic heterocycles. The maximum Gasteiger partial charge on any atom is 0.433 e. The van der Waals surface area contributed by atoms with E-state index < -0.39 is 11.9 Å². The molecular weight excluding hydrogens is 361 g/mol. The highest BCUT2D eigenvalue weighted by Crippen LogP contribution is 2.31. The van der Waals surface area contributed by atoms with E-state index in [0.29, 0.717) is 17.6 Å². The number of H-pyrrole nitrogens is 1. The molecule has 1 saturated heterocycles. The largest absolute Gasteiger partial charge is 0.433 e. The monoisotopic (exact) mass is 378 g/mol. The van der Waals surface area contributed by atoms with Crippen LogP contribution in [0.15, 0.2) is 24.5 Å². The zero-order valence-electron chi connectivity index (χ0n) is 14.5. The summed E-state index contributed by atoms with van der Waals surface area (Å²) in [6.07, 6.45) is -0.0494. The second-order valence-electron chi connectivity index (χ2n) is 6.68. The van der Waals surface area contributed by atoms with E-state index in [2.05, 4.69) is 20.3 Å². The Morgan fingerprint density at radius 2 is 2.19 bits per heavy atom. The number of piperidine rings is 1. The summed E-state index contributed by atoms with van der Waals surface area (Å²) in [5.74, 6) is -0.243. The van der Waals surface area contributed by atoms with Crippen molar-refractivity contribution in [2.24, 2.45) is 0 Å². The lowest BCUT2D eigenvalue weighted by molar-refractivity contribution is -0.142. The van der Waals surface area contributed by atoms with E-state index in [0.717, 1.165) is 24.6 Å². The molecule has 27 heavy (non-hydrogen) atoms. The van der Waals surface area contributed by atoms with Crippen molar-refractivity contribution in [2.45, 2.75) is 31.9 Å². The molecule has 1 fully saturated rings. The molecule has 0 radical (unpaired) electrons. The maximum atomic E-state index is 13.3. The fourth-order valence-corrected chi connectivity index (χ4v) is 3.52. The third kappa shape index (κ3) is 3.15. The normalized spacial score (nSPS) is 18.2. The van der Waals surface area contributed by atoms with Crippen molar-refractivity contribution >= 4 is 11.6 Å². The lowest BCUT2D eigenvalue weighted by atomic mass is 9.94. The molecule has 142 valence electrons. The molecule has 1 atom stereocenters. The number of rotatable bonds is 2. The summed E-state index contributed by atoms with van der Waals surface area (Å²) < 4.78 is 40.5. The van der Waals surface area contributed by atoms with E-state index in [9.17, 15) is 18.0 Å². The number of nitrogens with one attached hydrogen (secondary N) is 1. The third-order valence-corrected chi connectivity index (χ3v) is 4.79. The van der Waals surface area contributed by atoms with Crippen molar-refractivity contribution in [1.82, 2.24) is 29.7 Å². The second-order valence-corrected chi connectivity index (χ2v) is 6.68. The van der Waals surface area contributed by atoms with Gasteiger partial charge in [0, 0.05) is 36.6 Å². The molecule has 4 rings (SSSR count). The van der Waals surface area contributed by atoms with Gasteiger partial charge in [0.05, 0.1) is 6.20 Å². The Morgan fingerprint density at radius 3 is 2.89 bits per heavy atom. The molecule has 1 N–H and O–H groups in total. The number of hydrogen-bond donors (Lipinski definition) is 1. The zero-order valence-corrected chi connectivity index (χ0v) is 14.5. The number of aromatic amines is 1. The van der Waals surface area contributed by atoms with Crippen molar-refractivity contribution in [3.05, 3.63) is 47.2 Å². The summed E-state index contributed by atoms with van der Waals surface area (Å²) >= 11 is 0. The number of amides is 1. The van der Waals surface area contributed by atoms with E-state index in [1.54, 1.807) is 11.1 Å². The molecule has 0 aromatic carbocycles. The molecule has 0 unspecified atom stereocenters. The van der Waals surface area contributed by atoms with Crippen molar-refractivity contribution in [3.8, 4) is 0 Å². The quantitative estimate of drug-likeness (QED) is 0.744. The molecule has 4 heterocycles. The van der Waals surface area contributed by atoms with Crippen LogP contribution < -0.4 is 0 Å². The number of nitrogens with zero attached hydrogens (tertiary/aromatic N) is 5. The fourth-order valence-electron chi connectivity index (χ4n) is 3.52. The van der Waals surface area contributed by atoms with Crippen LogP contribution in [0.5, 0.6) is 0 Å². The van der Waals surface area contributed by atoms with Gasteiger partial charge in [-0.25, -0.2) is 9.50 Å². The standard InChI is InChI=1S/C17H17F3N6O/c1-10-7-14(17(18,19)20)26-15(23-10)12(8-22-26)16(27)25-6-2-3-11(9-25)13-4-5-21-24-13/h4-5,7-8,11H,2-3,6,9H2,1H3,(H,21,24)/t11-/m1/s1. The average Bonchev–Trinajstić information content (AvgIpc) is 3.29. The van der Waals surface area contributed by atoms with E-state index in [-0.39, 0.29) is 28.7 Å². The summed E-state index contributed by atoms with van der Waals surface area (Å²) in [6, 6.07) is 2.79. The van der Waals surface area contributed by atoms with Gasteiger partial charge in [-0.15, -0.1) is 0 Å². The van der Waals surface area contributed by atoms with Crippen molar-refractivity contribution in [3.63, 3.8) is 0 Å². The zero-order chi connectivity index (χ0) is 19.2. The molecular formula is C17H17F3N6O. The van der Waals surface area contributed by atoms with Crippen molar-refractivity contribution in [1.29, 1.82) is 0 Å². The first-order valence-electron chi connectivity index (χ1n) is 8.55. The molecule has 7 nitrogen and oxygen atoms in total.